The van der Waals surface area contributed by atoms with Gasteiger partial charge in [-0.3, -0.25) is 5.14 Å². The van der Waals surface area contributed by atoms with E-state index < -0.39 is 0 Å². The third-order valence-corrected chi connectivity index (χ3v) is 9.86. The number of nitrogens with two attached hydrogens (primary N) is 1. The molecule has 5 nitrogen and oxygen atoms in total. The van der Waals surface area contributed by atoms with Gasteiger partial charge in [0, 0.05) is 39.9 Å². The van der Waals surface area contributed by atoms with E-state index in [-0.39, 0.29) is 5.92 Å². The molecule has 0 fully saturated rings. The van der Waals surface area contributed by atoms with E-state index in [4.69, 9.17) is 15.0 Å². The molecule has 2 aliphatic carbocycles. The molecule has 9 rings (SSSR count). The van der Waals surface area contributed by atoms with E-state index in [9.17, 15) is 0 Å². The molecule has 2 aliphatic rings. The first-order valence-corrected chi connectivity index (χ1v) is 18.7. The fourth-order valence-electron chi connectivity index (χ4n) is 7.52. The van der Waals surface area contributed by atoms with Gasteiger partial charge >= 0.3 is 0 Å². The number of thiol groups is 1. The molecule has 0 amide bonds. The summed E-state index contributed by atoms with van der Waals surface area (Å²) in [4.78, 5) is 15.1. The average Bonchev–Trinajstić information content (AvgIpc) is 3.67. The monoisotopic (exact) mass is 697 g/mol. The Hall–Kier alpha value is -5.48. The SMILES string of the molecule is CC.Cc1ccc2c(c1)C(C)c1ccc3c(c1-2)c1ccccc1n3-c1cccc(-c2nc(-c3ccccc3)nc(C3C#CCCC/C=C\3)n2)c1.NS. The van der Waals surface area contributed by atoms with Crippen LogP contribution >= 0.6 is 12.8 Å². The number of benzene rings is 5. The van der Waals surface area contributed by atoms with E-state index in [2.05, 4.69) is 151 Å². The second-order valence-corrected chi connectivity index (χ2v) is 13.0. The van der Waals surface area contributed by atoms with E-state index in [0.29, 0.717) is 23.4 Å². The Bertz CT molecular complexity index is 2490. The molecule has 2 heterocycles. The molecule has 7 aromatic rings. The number of allylic oxidation sites excluding steroid dienone is 2. The van der Waals surface area contributed by atoms with Crippen molar-refractivity contribution in [1.82, 2.24) is 19.5 Å². The molecule has 5 aromatic carbocycles. The minimum absolute atomic E-state index is 0.175. The highest BCUT2D eigenvalue weighted by Crippen LogP contribution is 2.50. The number of rotatable bonds is 4. The molecule has 0 radical (unpaired) electrons. The van der Waals surface area contributed by atoms with Gasteiger partial charge in [-0.05, 0) is 66.3 Å². The Labute approximate surface area is 312 Å². The van der Waals surface area contributed by atoms with Crippen molar-refractivity contribution >= 4 is 34.6 Å². The van der Waals surface area contributed by atoms with Gasteiger partial charge in [0.1, 0.15) is 0 Å². The first-order chi connectivity index (χ1) is 25.6. The number of hydrogen-bond acceptors (Lipinski definition) is 5. The lowest BCUT2D eigenvalue weighted by molar-refractivity contribution is 0.848. The van der Waals surface area contributed by atoms with Crippen LogP contribution < -0.4 is 5.14 Å². The second kappa shape index (κ2) is 15.4. The Morgan fingerprint density at radius 1 is 0.750 bits per heavy atom. The second-order valence-electron chi connectivity index (χ2n) is 13.0. The molecule has 0 saturated carbocycles. The van der Waals surface area contributed by atoms with Crippen molar-refractivity contribution in [3.05, 3.63) is 144 Å². The molecule has 2 atom stereocenters. The first kappa shape index (κ1) is 34.9. The summed E-state index contributed by atoms with van der Waals surface area (Å²) < 4.78 is 2.40. The molecular formula is C46H43N5S. The summed E-state index contributed by atoms with van der Waals surface area (Å²) >= 11 is 3.03. The maximum Gasteiger partial charge on any atom is 0.163 e. The van der Waals surface area contributed by atoms with Gasteiger partial charge in [0.25, 0.3) is 0 Å². The highest BCUT2D eigenvalue weighted by atomic mass is 32.1. The topological polar surface area (TPSA) is 69.6 Å². The molecule has 52 heavy (non-hydrogen) atoms. The minimum Gasteiger partial charge on any atom is -0.309 e. The van der Waals surface area contributed by atoms with Crippen LogP contribution in [0.4, 0.5) is 0 Å². The van der Waals surface area contributed by atoms with E-state index in [1.807, 2.05) is 32.0 Å². The summed E-state index contributed by atoms with van der Waals surface area (Å²) in [5.41, 5.74) is 12.2. The predicted molar refractivity (Wildman–Crippen MR) is 221 cm³/mol. The number of nitrogens with zero attached hydrogens (tertiary/aromatic N) is 4. The van der Waals surface area contributed by atoms with E-state index in [1.165, 1.54) is 49.6 Å². The lowest BCUT2D eigenvalue weighted by Gasteiger charge is -2.13. The zero-order valence-corrected chi connectivity index (χ0v) is 31.0. The van der Waals surface area contributed by atoms with Gasteiger partial charge in [-0.25, -0.2) is 15.0 Å². The zero-order valence-electron chi connectivity index (χ0n) is 30.1. The van der Waals surface area contributed by atoms with Gasteiger partial charge in [0.15, 0.2) is 17.5 Å². The fraction of sp³-hybridized carbons (Fsp3) is 0.196. The van der Waals surface area contributed by atoms with Gasteiger partial charge in [-0.1, -0.05) is 129 Å². The van der Waals surface area contributed by atoms with E-state index >= 15 is 0 Å². The van der Waals surface area contributed by atoms with Gasteiger partial charge in [-0.2, -0.15) is 0 Å². The normalized spacial score (nSPS) is 16.2. The summed E-state index contributed by atoms with van der Waals surface area (Å²) in [7, 11) is 0. The number of fused-ring (bicyclic) bond motifs is 7. The van der Waals surface area contributed by atoms with Crippen LogP contribution in [0.5, 0.6) is 0 Å². The van der Waals surface area contributed by atoms with Gasteiger partial charge < -0.3 is 4.57 Å². The standard InChI is InChI=1S/C44H34N4.C2H6.H3NS/c1-28-22-23-35-37(26-28)29(2)34-24-25-39-41(40(34)35)36-20-11-12-21-38(36)48(39)33-19-13-18-32(27-33)44-46-42(30-14-7-4-3-5-8-15-30)45-43(47-44)31-16-9-6-10-17-31;2*1-2/h6-7,9-14,16-27,29-30H,3-5H2,1-2H3;1-2H3;2H,1H2/b14-7-;;. The van der Waals surface area contributed by atoms with Crippen LogP contribution in [-0.4, -0.2) is 19.5 Å². The first-order valence-electron chi connectivity index (χ1n) is 18.1. The molecule has 0 bridgehead atoms. The van der Waals surface area contributed by atoms with Gasteiger partial charge in [-0.15, -0.1) is 18.7 Å². The Morgan fingerprint density at radius 2 is 1.50 bits per heavy atom. The van der Waals surface area contributed by atoms with Crippen molar-refractivity contribution in [3.8, 4) is 51.4 Å². The summed E-state index contributed by atoms with van der Waals surface area (Å²) in [6, 6.07) is 39.1. The molecule has 2 aromatic heterocycles. The molecule has 2 unspecified atom stereocenters. The van der Waals surface area contributed by atoms with E-state index in [1.54, 1.807) is 0 Å². The van der Waals surface area contributed by atoms with Crippen molar-refractivity contribution in [2.24, 2.45) is 5.14 Å². The molecule has 258 valence electrons. The van der Waals surface area contributed by atoms with E-state index in [0.717, 1.165) is 36.1 Å². The largest absolute Gasteiger partial charge is 0.309 e. The number of aryl methyl sites for hydroxylation is 1. The van der Waals surface area contributed by atoms with Crippen molar-refractivity contribution < 1.29 is 0 Å². The van der Waals surface area contributed by atoms with Crippen LogP contribution in [0.2, 0.25) is 0 Å². The van der Waals surface area contributed by atoms with Crippen LogP contribution in [0.3, 0.4) is 0 Å². The van der Waals surface area contributed by atoms with Crippen LogP contribution in [0.1, 0.15) is 74.4 Å². The number of hydrogen-bond donors (Lipinski definition) is 2. The summed E-state index contributed by atoms with van der Waals surface area (Å²) in [5, 5.41) is 6.77. The van der Waals surface area contributed by atoms with Crippen molar-refractivity contribution in [2.45, 2.75) is 58.8 Å². The average molecular weight is 698 g/mol. The molecular weight excluding hydrogens is 655 g/mol. The van der Waals surface area contributed by atoms with Crippen LogP contribution in [-0.2, 0) is 0 Å². The van der Waals surface area contributed by atoms with Gasteiger partial charge in [0.05, 0.1) is 17.0 Å². The number of aromatic nitrogens is 4. The Balaban J connectivity index is 0.00000102. The molecule has 0 spiro atoms. The maximum atomic E-state index is 5.07. The molecule has 0 saturated heterocycles. The molecule has 0 aliphatic heterocycles. The van der Waals surface area contributed by atoms with Crippen molar-refractivity contribution in [3.63, 3.8) is 0 Å². The minimum atomic E-state index is -0.175. The molecule has 2 N–H and O–H groups in total. The third-order valence-electron chi connectivity index (χ3n) is 9.86. The maximum absolute atomic E-state index is 5.07. The highest BCUT2D eigenvalue weighted by Gasteiger charge is 2.29. The fourth-order valence-corrected chi connectivity index (χ4v) is 7.52. The predicted octanol–water partition coefficient (Wildman–Crippen LogP) is 11.4. The quantitative estimate of drug-likeness (QED) is 0.109. The van der Waals surface area contributed by atoms with Crippen molar-refractivity contribution in [1.29, 1.82) is 0 Å². The number of para-hydroxylation sites is 1. The third kappa shape index (κ3) is 6.32. The Morgan fingerprint density at radius 3 is 2.33 bits per heavy atom. The van der Waals surface area contributed by atoms with Crippen LogP contribution in [0, 0.1) is 18.8 Å². The smallest absolute Gasteiger partial charge is 0.163 e. The highest BCUT2D eigenvalue weighted by molar-refractivity contribution is 7.77. The lowest BCUT2D eigenvalue weighted by atomic mass is 9.97. The lowest BCUT2D eigenvalue weighted by Crippen LogP contribution is -2.07. The van der Waals surface area contributed by atoms with Crippen LogP contribution in [0.25, 0.3) is 61.4 Å². The zero-order chi connectivity index (χ0) is 36.2. The van der Waals surface area contributed by atoms with Crippen molar-refractivity contribution in [2.75, 3.05) is 0 Å². The van der Waals surface area contributed by atoms with Crippen LogP contribution in [0.15, 0.2) is 121 Å². The Kier molecular flexibility index (Phi) is 10.4. The summed E-state index contributed by atoms with van der Waals surface area (Å²) in [5.74, 6) is 8.93. The van der Waals surface area contributed by atoms with Gasteiger partial charge in [0.2, 0.25) is 0 Å². The summed E-state index contributed by atoms with van der Waals surface area (Å²) in [6.07, 6.45) is 7.34. The summed E-state index contributed by atoms with van der Waals surface area (Å²) in [6.45, 7) is 8.52. The molecule has 6 heteroatoms.